The van der Waals surface area contributed by atoms with E-state index in [9.17, 15) is 4.39 Å². The van der Waals surface area contributed by atoms with Crippen LogP contribution < -0.4 is 0 Å². The first-order valence-corrected chi connectivity index (χ1v) is 6.48. The largest absolute Gasteiger partial charge is 0.370 e. The van der Waals surface area contributed by atoms with E-state index >= 15 is 0 Å². The number of hydrogen-bond acceptors (Lipinski definition) is 3. The summed E-state index contributed by atoms with van der Waals surface area (Å²) in [5.41, 5.74) is 0.849. The average Bonchev–Trinajstić information content (AvgIpc) is 2.29. The average molecular weight is 262 g/mol. The van der Waals surface area contributed by atoms with E-state index in [1.807, 2.05) is 26.8 Å². The van der Waals surface area contributed by atoms with Crippen LogP contribution in [0.4, 0.5) is 4.39 Å². The molecular weight excluding hydrogens is 243 g/mol. The number of rotatable bonds is 2. The second kappa shape index (κ2) is 5.28. The number of benzene rings is 1. The Morgan fingerprint density at radius 3 is 2.89 bits per heavy atom. The summed E-state index contributed by atoms with van der Waals surface area (Å²) < 4.78 is 19.6. The quantitative estimate of drug-likeness (QED) is 0.822. The lowest BCUT2D eigenvalue weighted by molar-refractivity contribution is -0.130. The monoisotopic (exact) mass is 262 g/mol. The third-order valence-electron chi connectivity index (χ3n) is 3.21. The van der Waals surface area contributed by atoms with Gasteiger partial charge in [0.15, 0.2) is 0 Å². The summed E-state index contributed by atoms with van der Waals surface area (Å²) in [4.78, 5) is 2.17. The minimum Gasteiger partial charge on any atom is -0.370 e. The first kappa shape index (κ1) is 14.0. The summed E-state index contributed by atoms with van der Waals surface area (Å²) in [6.45, 7) is 8.15. The molecule has 1 aromatic carbocycles. The molecule has 1 saturated heterocycles. The van der Waals surface area contributed by atoms with Gasteiger partial charge in [-0.2, -0.15) is 5.26 Å². The van der Waals surface area contributed by atoms with Gasteiger partial charge in [0.1, 0.15) is 5.82 Å². The highest BCUT2D eigenvalue weighted by Gasteiger charge is 2.31. The maximum absolute atomic E-state index is 13.8. The Labute approximate surface area is 113 Å². The third-order valence-corrected chi connectivity index (χ3v) is 3.21. The second-order valence-corrected chi connectivity index (χ2v) is 5.78. The fraction of sp³-hybridized carbons (Fsp3) is 0.533. The summed E-state index contributed by atoms with van der Waals surface area (Å²) in [6.07, 6.45) is 0.131. The molecule has 0 saturated carbocycles. The lowest BCUT2D eigenvalue weighted by atomic mass is 10.0. The highest BCUT2D eigenvalue weighted by molar-refractivity contribution is 5.33. The summed E-state index contributed by atoms with van der Waals surface area (Å²) in [5, 5.41) is 8.88. The van der Waals surface area contributed by atoms with Crippen LogP contribution in [0.2, 0.25) is 0 Å². The van der Waals surface area contributed by atoms with E-state index in [-0.39, 0.29) is 17.5 Å². The minimum absolute atomic E-state index is 0.131. The molecule has 1 atom stereocenters. The van der Waals surface area contributed by atoms with E-state index in [1.165, 1.54) is 12.1 Å². The Bertz CT molecular complexity index is 507. The van der Waals surface area contributed by atoms with Crippen LogP contribution in [0, 0.1) is 17.1 Å². The Hall–Kier alpha value is -1.44. The van der Waals surface area contributed by atoms with Crippen LogP contribution in [0.1, 0.15) is 31.9 Å². The molecule has 0 aromatic heterocycles. The molecule has 1 fully saturated rings. The maximum atomic E-state index is 13.8. The zero-order chi connectivity index (χ0) is 14.0. The Morgan fingerprint density at radius 1 is 1.53 bits per heavy atom. The smallest absolute Gasteiger partial charge is 0.127 e. The van der Waals surface area contributed by atoms with E-state index in [0.29, 0.717) is 17.7 Å². The van der Waals surface area contributed by atoms with Crippen molar-refractivity contribution in [2.24, 2.45) is 0 Å². The molecule has 0 radical (unpaired) electrons. The molecular formula is C15H19FN2O. The molecule has 1 aliphatic heterocycles. The van der Waals surface area contributed by atoms with Crippen molar-refractivity contribution in [2.75, 3.05) is 13.1 Å². The Morgan fingerprint density at radius 2 is 2.26 bits per heavy atom. The lowest BCUT2D eigenvalue weighted by Crippen LogP contribution is -2.51. The topological polar surface area (TPSA) is 36.3 Å². The van der Waals surface area contributed by atoms with Crippen molar-refractivity contribution in [3.05, 3.63) is 35.1 Å². The first-order valence-electron chi connectivity index (χ1n) is 6.48. The van der Waals surface area contributed by atoms with Gasteiger partial charge in [0.05, 0.1) is 23.3 Å². The summed E-state index contributed by atoms with van der Waals surface area (Å²) >= 11 is 0. The Balaban J connectivity index is 2.15. The molecule has 2 rings (SSSR count). The fourth-order valence-electron chi connectivity index (χ4n) is 2.71. The summed E-state index contributed by atoms with van der Waals surface area (Å²) in [7, 11) is 0. The molecule has 0 aliphatic carbocycles. The molecule has 0 N–H and O–H groups in total. The van der Waals surface area contributed by atoms with E-state index < -0.39 is 0 Å². The van der Waals surface area contributed by atoms with Crippen LogP contribution in [-0.2, 0) is 11.3 Å². The molecule has 19 heavy (non-hydrogen) atoms. The zero-order valence-electron chi connectivity index (χ0n) is 11.6. The highest BCUT2D eigenvalue weighted by atomic mass is 19.1. The number of ether oxygens (including phenoxy) is 1. The fourth-order valence-corrected chi connectivity index (χ4v) is 2.71. The molecule has 1 aromatic rings. The SMILES string of the molecule is CC1CN(Cc2cc(C#N)ccc2F)CC(C)(C)O1. The lowest BCUT2D eigenvalue weighted by Gasteiger charge is -2.41. The van der Waals surface area contributed by atoms with Gasteiger partial charge in [0.25, 0.3) is 0 Å². The predicted molar refractivity (Wildman–Crippen MR) is 71.0 cm³/mol. The Kier molecular flexibility index (Phi) is 3.88. The molecule has 4 heteroatoms. The van der Waals surface area contributed by atoms with Crippen molar-refractivity contribution in [1.82, 2.24) is 4.90 Å². The molecule has 102 valence electrons. The predicted octanol–water partition coefficient (Wildman–Crippen LogP) is 2.70. The molecule has 1 aliphatic rings. The van der Waals surface area contributed by atoms with Gasteiger partial charge in [-0.1, -0.05) is 0 Å². The number of nitriles is 1. The second-order valence-electron chi connectivity index (χ2n) is 5.78. The van der Waals surface area contributed by atoms with Crippen LogP contribution in [0.15, 0.2) is 18.2 Å². The van der Waals surface area contributed by atoms with Crippen molar-refractivity contribution in [3.63, 3.8) is 0 Å². The molecule has 3 nitrogen and oxygen atoms in total. The van der Waals surface area contributed by atoms with Crippen molar-refractivity contribution >= 4 is 0 Å². The van der Waals surface area contributed by atoms with E-state index in [4.69, 9.17) is 10.00 Å². The van der Waals surface area contributed by atoms with Gasteiger partial charge in [-0.05, 0) is 39.0 Å². The number of halogens is 1. The number of hydrogen-bond donors (Lipinski definition) is 0. The van der Waals surface area contributed by atoms with Crippen molar-refractivity contribution in [1.29, 1.82) is 5.26 Å². The minimum atomic E-state index is -0.254. The summed E-state index contributed by atoms with van der Waals surface area (Å²) in [5.74, 6) is -0.254. The van der Waals surface area contributed by atoms with Gasteiger partial charge < -0.3 is 4.74 Å². The van der Waals surface area contributed by atoms with Crippen LogP contribution >= 0.6 is 0 Å². The summed E-state index contributed by atoms with van der Waals surface area (Å²) in [6, 6.07) is 6.54. The number of morpholine rings is 1. The van der Waals surface area contributed by atoms with E-state index in [1.54, 1.807) is 6.07 Å². The molecule has 0 amide bonds. The van der Waals surface area contributed by atoms with E-state index in [0.717, 1.165) is 13.1 Å². The van der Waals surface area contributed by atoms with Crippen molar-refractivity contribution in [3.8, 4) is 6.07 Å². The molecule has 0 bridgehead atoms. The third kappa shape index (κ3) is 3.52. The molecule has 1 heterocycles. The first-order chi connectivity index (χ1) is 8.89. The van der Waals surface area contributed by atoms with Crippen molar-refractivity contribution in [2.45, 2.75) is 39.0 Å². The van der Waals surface area contributed by atoms with Crippen LogP contribution in [0.5, 0.6) is 0 Å². The van der Waals surface area contributed by atoms with Gasteiger partial charge in [-0.3, -0.25) is 4.90 Å². The van der Waals surface area contributed by atoms with Gasteiger partial charge in [-0.25, -0.2) is 4.39 Å². The van der Waals surface area contributed by atoms with Gasteiger partial charge in [-0.15, -0.1) is 0 Å². The van der Waals surface area contributed by atoms with Crippen LogP contribution in [0.25, 0.3) is 0 Å². The zero-order valence-corrected chi connectivity index (χ0v) is 11.6. The van der Waals surface area contributed by atoms with Gasteiger partial charge >= 0.3 is 0 Å². The standard InChI is InChI=1S/C15H19FN2O/c1-11-8-18(10-15(2,3)19-11)9-13-6-12(7-17)4-5-14(13)16/h4-6,11H,8-10H2,1-3H3. The van der Waals surface area contributed by atoms with Crippen LogP contribution in [0.3, 0.4) is 0 Å². The molecule has 0 spiro atoms. The van der Waals surface area contributed by atoms with E-state index in [2.05, 4.69) is 4.90 Å². The van der Waals surface area contributed by atoms with Gasteiger partial charge in [0.2, 0.25) is 0 Å². The van der Waals surface area contributed by atoms with Gasteiger partial charge in [0, 0.05) is 25.2 Å². The maximum Gasteiger partial charge on any atom is 0.127 e. The number of nitrogens with zero attached hydrogens (tertiary/aromatic N) is 2. The highest BCUT2D eigenvalue weighted by Crippen LogP contribution is 2.23. The van der Waals surface area contributed by atoms with Crippen LogP contribution in [-0.4, -0.2) is 29.7 Å². The normalized spacial score (nSPS) is 23.0. The van der Waals surface area contributed by atoms with Crippen molar-refractivity contribution < 1.29 is 9.13 Å². The molecule has 1 unspecified atom stereocenters.